The molecular weight excluding hydrogens is 290 g/mol. The van der Waals surface area contributed by atoms with Gasteiger partial charge in [-0.1, -0.05) is 54.6 Å². The molecule has 0 bridgehead atoms. The summed E-state index contributed by atoms with van der Waals surface area (Å²) in [7, 11) is 2.18. The Morgan fingerprint density at radius 3 is 2.12 bits per heavy atom. The molecule has 0 aromatic heterocycles. The largest absolute Gasteiger partial charge is 0.374 e. The average molecular weight is 309 g/mol. The maximum atomic E-state index is 2.40. The van der Waals surface area contributed by atoms with E-state index < -0.39 is 0 Å². The maximum Gasteiger partial charge on any atom is 0.0397 e. The van der Waals surface area contributed by atoms with Crippen LogP contribution in [0.25, 0.3) is 32.7 Å². The van der Waals surface area contributed by atoms with Gasteiger partial charge in [0.05, 0.1) is 0 Å². The maximum absolute atomic E-state index is 2.40. The van der Waals surface area contributed by atoms with Gasteiger partial charge in [-0.3, -0.25) is 0 Å². The van der Waals surface area contributed by atoms with Crippen LogP contribution >= 0.6 is 0 Å². The second-order valence-electron chi connectivity index (χ2n) is 6.71. The fourth-order valence-electron chi connectivity index (χ4n) is 4.05. The van der Waals surface area contributed by atoms with E-state index in [1.165, 1.54) is 43.9 Å². The Morgan fingerprint density at radius 2 is 1.42 bits per heavy atom. The Kier molecular flexibility index (Phi) is 2.90. The standard InChI is InChI=1S/C23H19N/c1-24-13-12-18-15-19(10-11-22(18)24)23-20-8-4-2-6-16(20)14-17-7-3-5-9-21(17)23/h2-11,14-15H,12-13H2,1H3. The molecule has 0 aliphatic carbocycles. The lowest BCUT2D eigenvalue weighted by Gasteiger charge is -2.15. The number of hydrogen-bond acceptors (Lipinski definition) is 1. The number of rotatable bonds is 1. The van der Waals surface area contributed by atoms with Crippen molar-refractivity contribution in [2.24, 2.45) is 0 Å². The molecule has 4 aromatic rings. The van der Waals surface area contributed by atoms with E-state index in [1.54, 1.807) is 0 Å². The van der Waals surface area contributed by atoms with E-state index in [9.17, 15) is 0 Å². The number of anilines is 1. The second kappa shape index (κ2) is 5.10. The van der Waals surface area contributed by atoms with Gasteiger partial charge in [0.1, 0.15) is 0 Å². The highest BCUT2D eigenvalue weighted by Gasteiger charge is 2.17. The van der Waals surface area contributed by atoms with Crippen LogP contribution in [0.1, 0.15) is 5.56 Å². The molecule has 0 N–H and O–H groups in total. The summed E-state index contributed by atoms with van der Waals surface area (Å²) in [6.45, 7) is 1.12. The molecule has 1 aliphatic rings. The molecular formula is C23H19N. The Morgan fingerprint density at radius 1 is 0.750 bits per heavy atom. The molecule has 24 heavy (non-hydrogen) atoms. The lowest BCUT2D eigenvalue weighted by molar-refractivity contribution is 0.956. The Hall–Kier alpha value is -2.80. The van der Waals surface area contributed by atoms with Crippen molar-refractivity contribution >= 4 is 27.2 Å². The quantitative estimate of drug-likeness (QED) is 0.410. The highest BCUT2D eigenvalue weighted by atomic mass is 15.1. The van der Waals surface area contributed by atoms with Crippen LogP contribution in [0.15, 0.2) is 72.8 Å². The first-order valence-electron chi connectivity index (χ1n) is 8.56. The first-order valence-corrected chi connectivity index (χ1v) is 8.56. The van der Waals surface area contributed by atoms with Gasteiger partial charge in [0.2, 0.25) is 0 Å². The lowest BCUT2D eigenvalue weighted by Crippen LogP contribution is -2.12. The van der Waals surface area contributed by atoms with Crippen LogP contribution in [0.2, 0.25) is 0 Å². The molecule has 0 amide bonds. The molecule has 5 rings (SSSR count). The third-order valence-corrected chi connectivity index (χ3v) is 5.27. The van der Waals surface area contributed by atoms with Gasteiger partial charge in [0.25, 0.3) is 0 Å². The summed E-state index contributed by atoms with van der Waals surface area (Å²) < 4.78 is 0. The molecule has 0 radical (unpaired) electrons. The van der Waals surface area contributed by atoms with Crippen molar-refractivity contribution in [2.45, 2.75) is 6.42 Å². The highest BCUT2D eigenvalue weighted by Crippen LogP contribution is 2.39. The van der Waals surface area contributed by atoms with E-state index in [1.807, 2.05) is 0 Å². The van der Waals surface area contributed by atoms with Crippen molar-refractivity contribution in [3.63, 3.8) is 0 Å². The van der Waals surface area contributed by atoms with Gasteiger partial charge in [0, 0.05) is 19.3 Å². The first kappa shape index (κ1) is 13.6. The van der Waals surface area contributed by atoms with E-state index in [0.717, 1.165) is 13.0 Å². The molecule has 0 saturated carbocycles. The summed E-state index contributed by atoms with van der Waals surface area (Å²) in [6, 6.07) is 26.7. The third-order valence-electron chi connectivity index (χ3n) is 5.27. The van der Waals surface area contributed by atoms with Gasteiger partial charge in [-0.15, -0.1) is 0 Å². The zero-order chi connectivity index (χ0) is 16.1. The van der Waals surface area contributed by atoms with Crippen LogP contribution in [0, 0.1) is 0 Å². The van der Waals surface area contributed by atoms with Crippen LogP contribution in [0.4, 0.5) is 5.69 Å². The number of nitrogens with zero attached hydrogens (tertiary/aromatic N) is 1. The van der Waals surface area contributed by atoms with E-state index in [0.29, 0.717) is 0 Å². The minimum atomic E-state index is 1.12. The van der Waals surface area contributed by atoms with Gasteiger partial charge < -0.3 is 4.90 Å². The van der Waals surface area contributed by atoms with Crippen molar-refractivity contribution in [3.05, 3.63) is 78.4 Å². The smallest absolute Gasteiger partial charge is 0.0397 e. The molecule has 1 nitrogen and oxygen atoms in total. The molecule has 4 aromatic carbocycles. The average Bonchev–Trinajstić information content (AvgIpc) is 3.00. The lowest BCUT2D eigenvalue weighted by atomic mass is 9.91. The summed E-state index contributed by atoms with van der Waals surface area (Å²) in [5.41, 5.74) is 5.54. The van der Waals surface area contributed by atoms with E-state index in [2.05, 4.69) is 84.7 Å². The number of likely N-dealkylation sites (N-methyl/N-ethyl adjacent to an activating group) is 1. The Labute approximate surface area is 142 Å². The summed E-state index contributed by atoms with van der Waals surface area (Å²) in [5.74, 6) is 0. The van der Waals surface area contributed by atoms with Gasteiger partial charge in [0.15, 0.2) is 0 Å². The molecule has 0 saturated heterocycles. The molecule has 0 fully saturated rings. The Bertz CT molecular complexity index is 1020. The highest BCUT2D eigenvalue weighted by molar-refractivity contribution is 6.12. The minimum Gasteiger partial charge on any atom is -0.374 e. The predicted molar refractivity (Wildman–Crippen MR) is 104 cm³/mol. The van der Waals surface area contributed by atoms with Gasteiger partial charge >= 0.3 is 0 Å². The fraction of sp³-hybridized carbons (Fsp3) is 0.130. The minimum absolute atomic E-state index is 1.12. The normalized spacial score (nSPS) is 13.6. The van der Waals surface area contributed by atoms with Crippen molar-refractivity contribution in [1.29, 1.82) is 0 Å². The summed E-state index contributed by atoms with van der Waals surface area (Å²) in [6.07, 6.45) is 1.14. The summed E-state index contributed by atoms with van der Waals surface area (Å²) in [4.78, 5) is 2.35. The number of hydrogen-bond donors (Lipinski definition) is 0. The fourth-order valence-corrected chi connectivity index (χ4v) is 4.05. The summed E-state index contributed by atoms with van der Waals surface area (Å²) in [5, 5.41) is 5.29. The first-order chi connectivity index (χ1) is 11.8. The van der Waals surface area contributed by atoms with Gasteiger partial charge in [-0.25, -0.2) is 0 Å². The SMILES string of the molecule is CN1CCc2cc(-c3c4ccccc4cc4ccccc34)ccc21. The van der Waals surface area contributed by atoms with Crippen molar-refractivity contribution in [3.8, 4) is 11.1 Å². The second-order valence-corrected chi connectivity index (χ2v) is 6.71. The third kappa shape index (κ3) is 1.94. The monoisotopic (exact) mass is 309 g/mol. The van der Waals surface area contributed by atoms with Gasteiger partial charge in [-0.2, -0.15) is 0 Å². The van der Waals surface area contributed by atoms with Crippen LogP contribution < -0.4 is 4.90 Å². The summed E-state index contributed by atoms with van der Waals surface area (Å²) >= 11 is 0. The molecule has 116 valence electrons. The Balaban J connectivity index is 1.87. The van der Waals surface area contributed by atoms with Crippen LogP contribution in [-0.4, -0.2) is 13.6 Å². The van der Waals surface area contributed by atoms with E-state index in [-0.39, 0.29) is 0 Å². The van der Waals surface area contributed by atoms with E-state index in [4.69, 9.17) is 0 Å². The number of benzene rings is 4. The van der Waals surface area contributed by atoms with Crippen LogP contribution in [0.3, 0.4) is 0 Å². The van der Waals surface area contributed by atoms with E-state index >= 15 is 0 Å². The molecule has 0 atom stereocenters. The molecule has 0 spiro atoms. The van der Waals surface area contributed by atoms with Crippen molar-refractivity contribution in [2.75, 3.05) is 18.5 Å². The van der Waals surface area contributed by atoms with Crippen molar-refractivity contribution in [1.82, 2.24) is 0 Å². The number of fused-ring (bicyclic) bond motifs is 3. The molecule has 1 aliphatic heterocycles. The van der Waals surface area contributed by atoms with Crippen LogP contribution in [0.5, 0.6) is 0 Å². The molecule has 1 heteroatoms. The topological polar surface area (TPSA) is 3.24 Å². The zero-order valence-electron chi connectivity index (χ0n) is 13.8. The molecule has 0 unspecified atom stereocenters. The predicted octanol–water partition coefficient (Wildman–Crippen LogP) is 5.65. The van der Waals surface area contributed by atoms with Gasteiger partial charge in [-0.05, 0) is 62.9 Å². The zero-order valence-corrected chi connectivity index (χ0v) is 13.8. The van der Waals surface area contributed by atoms with Crippen molar-refractivity contribution < 1.29 is 0 Å². The van der Waals surface area contributed by atoms with Crippen LogP contribution in [-0.2, 0) is 6.42 Å². The molecule has 1 heterocycles.